The van der Waals surface area contributed by atoms with E-state index in [2.05, 4.69) is 12.1 Å². The Morgan fingerprint density at radius 2 is 1.62 bits per heavy atom. The first kappa shape index (κ1) is 20.5. The topological polar surface area (TPSA) is 55.2 Å². The molecule has 0 bridgehead atoms. The number of para-hydroxylation sites is 1. The lowest BCUT2D eigenvalue weighted by Gasteiger charge is -2.28. The monoisotopic (exact) mass is 441 g/mol. The van der Waals surface area contributed by atoms with Crippen LogP contribution in [0.4, 0.5) is 0 Å². The Morgan fingerprint density at radius 3 is 2.47 bits per heavy atom. The van der Waals surface area contributed by atoms with E-state index in [0.717, 1.165) is 18.5 Å². The summed E-state index contributed by atoms with van der Waals surface area (Å²) in [4.78, 5) is 32.9. The van der Waals surface area contributed by atoms with Crippen molar-refractivity contribution in [2.45, 2.75) is 24.7 Å². The first-order valence-electron chi connectivity index (χ1n) is 10.7. The fourth-order valence-corrected chi connectivity index (χ4v) is 4.99. The van der Waals surface area contributed by atoms with E-state index >= 15 is 0 Å². The molecule has 0 atom stereocenters. The molecule has 160 valence electrons. The van der Waals surface area contributed by atoms with Gasteiger partial charge in [0, 0.05) is 13.1 Å². The van der Waals surface area contributed by atoms with Crippen LogP contribution in [0.15, 0.2) is 88.8 Å². The lowest BCUT2D eigenvalue weighted by atomic mass is 10.00. The van der Waals surface area contributed by atoms with Crippen LogP contribution in [0.2, 0.25) is 0 Å². The van der Waals surface area contributed by atoms with E-state index in [1.807, 2.05) is 65.6 Å². The number of carbonyl (C=O) groups excluding carboxylic acids is 1. The van der Waals surface area contributed by atoms with Crippen molar-refractivity contribution in [3.05, 3.63) is 106 Å². The van der Waals surface area contributed by atoms with E-state index in [1.165, 1.54) is 22.9 Å². The number of hydrogen-bond donors (Lipinski definition) is 0. The Bertz CT molecular complexity index is 1330. The van der Waals surface area contributed by atoms with E-state index in [-0.39, 0.29) is 17.2 Å². The second-order valence-electron chi connectivity index (χ2n) is 7.91. The molecule has 0 N–H and O–H groups in total. The summed E-state index contributed by atoms with van der Waals surface area (Å²) >= 11 is 1.34. The molecule has 5 rings (SSSR count). The van der Waals surface area contributed by atoms with Crippen LogP contribution < -0.4 is 5.56 Å². The molecule has 0 fully saturated rings. The summed E-state index contributed by atoms with van der Waals surface area (Å²) < 4.78 is 1.68. The first-order chi connectivity index (χ1) is 15.7. The van der Waals surface area contributed by atoms with E-state index in [4.69, 9.17) is 4.98 Å². The van der Waals surface area contributed by atoms with Gasteiger partial charge in [0.2, 0.25) is 5.91 Å². The molecule has 4 aromatic rings. The van der Waals surface area contributed by atoms with Gasteiger partial charge >= 0.3 is 0 Å². The van der Waals surface area contributed by atoms with Gasteiger partial charge < -0.3 is 4.90 Å². The SMILES string of the molecule is O=C(CSc1nc2ccccc2c(=O)n1Cc1ccccc1)N1CCc2ccccc2C1. The molecule has 1 aromatic heterocycles. The van der Waals surface area contributed by atoms with Gasteiger partial charge in [0.15, 0.2) is 5.16 Å². The zero-order valence-electron chi connectivity index (χ0n) is 17.6. The summed E-state index contributed by atoms with van der Waals surface area (Å²) in [7, 11) is 0. The second kappa shape index (κ2) is 9.01. The van der Waals surface area contributed by atoms with Crippen LogP contribution in [0.3, 0.4) is 0 Å². The average Bonchev–Trinajstić information content (AvgIpc) is 2.85. The Hall–Kier alpha value is -3.38. The smallest absolute Gasteiger partial charge is 0.262 e. The summed E-state index contributed by atoms with van der Waals surface area (Å²) in [5.41, 5.74) is 4.12. The van der Waals surface area contributed by atoms with Crippen molar-refractivity contribution in [2.75, 3.05) is 12.3 Å². The third kappa shape index (κ3) is 4.18. The van der Waals surface area contributed by atoms with Crippen LogP contribution in [-0.4, -0.2) is 32.7 Å². The molecule has 1 amide bonds. The third-order valence-corrected chi connectivity index (χ3v) is 6.78. The molecule has 3 aromatic carbocycles. The van der Waals surface area contributed by atoms with Crippen molar-refractivity contribution in [3.8, 4) is 0 Å². The first-order valence-corrected chi connectivity index (χ1v) is 11.7. The minimum atomic E-state index is -0.0821. The number of thioether (sulfide) groups is 1. The van der Waals surface area contributed by atoms with Crippen molar-refractivity contribution in [1.82, 2.24) is 14.5 Å². The third-order valence-electron chi connectivity index (χ3n) is 5.82. The molecule has 1 aliphatic heterocycles. The molecule has 32 heavy (non-hydrogen) atoms. The Balaban J connectivity index is 1.40. The van der Waals surface area contributed by atoms with Gasteiger partial charge in [-0.2, -0.15) is 0 Å². The van der Waals surface area contributed by atoms with E-state index in [9.17, 15) is 9.59 Å². The van der Waals surface area contributed by atoms with Crippen molar-refractivity contribution in [1.29, 1.82) is 0 Å². The molecule has 0 aliphatic carbocycles. The summed E-state index contributed by atoms with van der Waals surface area (Å²) in [5, 5.41) is 1.16. The fourth-order valence-electron chi connectivity index (χ4n) is 4.09. The van der Waals surface area contributed by atoms with Gasteiger partial charge in [-0.15, -0.1) is 0 Å². The number of hydrogen-bond acceptors (Lipinski definition) is 4. The lowest BCUT2D eigenvalue weighted by molar-refractivity contribution is -0.129. The van der Waals surface area contributed by atoms with Crippen LogP contribution in [-0.2, 0) is 24.3 Å². The van der Waals surface area contributed by atoms with Crippen LogP contribution in [0, 0.1) is 0 Å². The Labute approximate surface area is 190 Å². The number of aromatic nitrogens is 2. The number of fused-ring (bicyclic) bond motifs is 2. The molecule has 0 spiro atoms. The molecule has 6 heteroatoms. The predicted molar refractivity (Wildman–Crippen MR) is 128 cm³/mol. The Morgan fingerprint density at radius 1 is 0.906 bits per heavy atom. The maximum Gasteiger partial charge on any atom is 0.262 e. The predicted octanol–water partition coefficient (Wildman–Crippen LogP) is 4.12. The van der Waals surface area contributed by atoms with Gasteiger partial charge in [-0.1, -0.05) is 78.5 Å². The molecule has 2 heterocycles. The molecule has 0 unspecified atom stereocenters. The molecular weight excluding hydrogens is 418 g/mol. The summed E-state index contributed by atoms with van der Waals surface area (Å²) in [5.74, 6) is 0.319. The normalized spacial score (nSPS) is 13.2. The van der Waals surface area contributed by atoms with Gasteiger partial charge in [0.1, 0.15) is 0 Å². The number of benzene rings is 3. The highest BCUT2D eigenvalue weighted by molar-refractivity contribution is 7.99. The molecule has 0 saturated carbocycles. The van der Waals surface area contributed by atoms with Crippen LogP contribution in [0.1, 0.15) is 16.7 Å². The van der Waals surface area contributed by atoms with Gasteiger partial charge in [-0.25, -0.2) is 4.98 Å². The second-order valence-corrected chi connectivity index (χ2v) is 8.85. The number of carbonyl (C=O) groups is 1. The van der Waals surface area contributed by atoms with Gasteiger partial charge in [-0.05, 0) is 35.2 Å². The molecule has 1 aliphatic rings. The van der Waals surface area contributed by atoms with Crippen LogP contribution >= 0.6 is 11.8 Å². The zero-order chi connectivity index (χ0) is 21.9. The summed E-state index contributed by atoms with van der Waals surface area (Å²) in [6.07, 6.45) is 0.875. The Kier molecular flexibility index (Phi) is 5.77. The molecular formula is C26H23N3O2S. The van der Waals surface area contributed by atoms with Crippen molar-refractivity contribution >= 4 is 28.6 Å². The summed E-state index contributed by atoms with van der Waals surface area (Å²) in [6, 6.07) is 25.5. The zero-order valence-corrected chi connectivity index (χ0v) is 18.4. The van der Waals surface area contributed by atoms with Crippen molar-refractivity contribution < 1.29 is 4.79 Å². The number of nitrogens with zero attached hydrogens (tertiary/aromatic N) is 3. The van der Waals surface area contributed by atoms with Crippen LogP contribution in [0.25, 0.3) is 10.9 Å². The van der Waals surface area contributed by atoms with Gasteiger partial charge in [0.05, 0.1) is 23.2 Å². The minimum absolute atomic E-state index is 0.0678. The van der Waals surface area contributed by atoms with E-state index in [1.54, 1.807) is 10.6 Å². The number of rotatable bonds is 5. The maximum absolute atomic E-state index is 13.3. The lowest BCUT2D eigenvalue weighted by Crippen LogP contribution is -2.37. The maximum atomic E-state index is 13.3. The molecule has 0 radical (unpaired) electrons. The largest absolute Gasteiger partial charge is 0.337 e. The summed E-state index contributed by atoms with van der Waals surface area (Å²) in [6.45, 7) is 1.78. The van der Waals surface area contributed by atoms with Crippen molar-refractivity contribution in [3.63, 3.8) is 0 Å². The fraction of sp³-hybridized carbons (Fsp3) is 0.192. The van der Waals surface area contributed by atoms with Gasteiger partial charge in [0.25, 0.3) is 5.56 Å². The molecule has 5 nitrogen and oxygen atoms in total. The van der Waals surface area contributed by atoms with Gasteiger partial charge in [-0.3, -0.25) is 14.2 Å². The highest BCUT2D eigenvalue weighted by Gasteiger charge is 2.21. The van der Waals surface area contributed by atoms with E-state index in [0.29, 0.717) is 29.1 Å². The molecule has 0 saturated heterocycles. The van der Waals surface area contributed by atoms with Crippen molar-refractivity contribution in [2.24, 2.45) is 0 Å². The minimum Gasteiger partial charge on any atom is -0.337 e. The quantitative estimate of drug-likeness (QED) is 0.345. The highest BCUT2D eigenvalue weighted by atomic mass is 32.2. The standard InChI is InChI=1S/C26H23N3O2S/c30-24(28-15-14-20-10-4-5-11-21(20)17-28)18-32-26-27-23-13-7-6-12-22(23)25(31)29(26)16-19-8-2-1-3-9-19/h1-13H,14-18H2. The number of amides is 1. The highest BCUT2D eigenvalue weighted by Crippen LogP contribution is 2.22. The van der Waals surface area contributed by atoms with E-state index < -0.39 is 0 Å². The van der Waals surface area contributed by atoms with Crippen LogP contribution in [0.5, 0.6) is 0 Å². The average molecular weight is 442 g/mol.